The van der Waals surface area contributed by atoms with Crippen LogP contribution < -0.4 is 16.0 Å². The minimum Gasteiger partial charge on any atom is -0.550 e. The molecule has 0 saturated heterocycles. The highest BCUT2D eigenvalue weighted by Gasteiger charge is 2.07. The molecule has 0 aliphatic carbocycles. The number of rotatable bonds is 6. The summed E-state index contributed by atoms with van der Waals surface area (Å²) in [6.45, 7) is 0.0740. The highest BCUT2D eigenvalue weighted by atomic mass is 16.4. The summed E-state index contributed by atoms with van der Waals surface area (Å²) in [5.74, 6) is -1.52. The molecule has 0 aliphatic heterocycles. The molecule has 7 heteroatoms. The summed E-state index contributed by atoms with van der Waals surface area (Å²) in [5.41, 5.74) is 0.290. The van der Waals surface area contributed by atoms with Crippen LogP contribution in [0.3, 0.4) is 0 Å². The van der Waals surface area contributed by atoms with E-state index >= 15 is 0 Å². The van der Waals surface area contributed by atoms with Gasteiger partial charge in [-0.15, -0.1) is 0 Å². The van der Waals surface area contributed by atoms with Gasteiger partial charge >= 0.3 is 0 Å². The smallest absolute Gasteiger partial charge is 0.261 e. The molecule has 0 spiro atoms. The Labute approximate surface area is 120 Å². The summed E-state index contributed by atoms with van der Waals surface area (Å²) in [6.07, 6.45) is 1.50. The molecule has 1 heterocycles. The third kappa shape index (κ3) is 3.88. The molecule has 7 nitrogen and oxygen atoms in total. The van der Waals surface area contributed by atoms with Crippen molar-refractivity contribution in [3.05, 3.63) is 40.9 Å². The minimum atomic E-state index is -1.15. The lowest BCUT2D eigenvalue weighted by Crippen LogP contribution is -2.33. The van der Waals surface area contributed by atoms with E-state index in [2.05, 4.69) is 10.3 Å². The zero-order chi connectivity index (χ0) is 15.2. The van der Waals surface area contributed by atoms with E-state index in [0.29, 0.717) is 17.3 Å². The molecule has 0 atom stereocenters. The van der Waals surface area contributed by atoms with Crippen LogP contribution in [0.4, 0.5) is 0 Å². The molecule has 2 rings (SSSR count). The van der Waals surface area contributed by atoms with Gasteiger partial charge in [-0.2, -0.15) is 0 Å². The summed E-state index contributed by atoms with van der Waals surface area (Å²) in [5, 5.41) is 13.2. The van der Waals surface area contributed by atoms with Gasteiger partial charge in [0.25, 0.3) is 5.56 Å². The number of hydrogen-bond acceptors (Lipinski definition) is 5. The van der Waals surface area contributed by atoms with Crippen LogP contribution in [-0.4, -0.2) is 28.0 Å². The second-order valence-electron chi connectivity index (χ2n) is 4.52. The second-order valence-corrected chi connectivity index (χ2v) is 4.52. The van der Waals surface area contributed by atoms with Crippen LogP contribution in [0.1, 0.15) is 12.8 Å². The molecule has 1 aromatic heterocycles. The van der Waals surface area contributed by atoms with Crippen molar-refractivity contribution in [3.8, 4) is 0 Å². The summed E-state index contributed by atoms with van der Waals surface area (Å²) in [7, 11) is 0. The van der Waals surface area contributed by atoms with Gasteiger partial charge in [-0.1, -0.05) is 12.1 Å². The fraction of sp³-hybridized carbons (Fsp3) is 0.286. The number of carboxylic acids is 1. The van der Waals surface area contributed by atoms with Gasteiger partial charge in [0, 0.05) is 12.5 Å². The van der Waals surface area contributed by atoms with Crippen LogP contribution in [-0.2, 0) is 16.1 Å². The third-order valence-corrected chi connectivity index (χ3v) is 2.93. The second kappa shape index (κ2) is 6.65. The fourth-order valence-corrected chi connectivity index (χ4v) is 1.89. The number of carbonyl (C=O) groups is 2. The number of aliphatic carboxylic acids is 1. The number of benzene rings is 1. The monoisotopic (exact) mass is 288 g/mol. The topological polar surface area (TPSA) is 104 Å². The number of carboxylic acid groups (broad SMARTS) is 1. The molecule has 2 aromatic rings. The maximum atomic E-state index is 12.1. The Balaban J connectivity index is 2.00. The van der Waals surface area contributed by atoms with Crippen molar-refractivity contribution in [1.29, 1.82) is 0 Å². The van der Waals surface area contributed by atoms with Gasteiger partial charge in [-0.05, 0) is 25.0 Å². The molecular weight excluding hydrogens is 274 g/mol. The zero-order valence-electron chi connectivity index (χ0n) is 11.2. The number of amides is 1. The first-order chi connectivity index (χ1) is 10.1. The average molecular weight is 288 g/mol. The fourth-order valence-electron chi connectivity index (χ4n) is 1.89. The van der Waals surface area contributed by atoms with Crippen LogP contribution in [0.5, 0.6) is 0 Å². The molecule has 1 N–H and O–H groups in total. The lowest BCUT2D eigenvalue weighted by atomic mass is 10.2. The van der Waals surface area contributed by atoms with E-state index in [1.165, 1.54) is 10.9 Å². The van der Waals surface area contributed by atoms with E-state index in [0.717, 1.165) is 0 Å². The average Bonchev–Trinajstić information content (AvgIpc) is 2.47. The van der Waals surface area contributed by atoms with E-state index in [1.54, 1.807) is 24.3 Å². The van der Waals surface area contributed by atoms with Gasteiger partial charge in [0.15, 0.2) is 0 Å². The van der Waals surface area contributed by atoms with E-state index < -0.39 is 5.97 Å². The lowest BCUT2D eigenvalue weighted by Gasteiger charge is -2.08. The van der Waals surface area contributed by atoms with Crippen molar-refractivity contribution in [2.75, 3.05) is 6.54 Å². The molecule has 0 aliphatic rings. The van der Waals surface area contributed by atoms with Crippen LogP contribution >= 0.6 is 0 Å². The van der Waals surface area contributed by atoms with Crippen molar-refractivity contribution in [2.24, 2.45) is 0 Å². The van der Waals surface area contributed by atoms with E-state index in [-0.39, 0.29) is 31.0 Å². The summed E-state index contributed by atoms with van der Waals surface area (Å²) in [4.78, 5) is 38.2. The van der Waals surface area contributed by atoms with Crippen LogP contribution in [0, 0.1) is 0 Å². The number of nitrogens with zero attached hydrogens (tertiary/aromatic N) is 2. The van der Waals surface area contributed by atoms with Crippen molar-refractivity contribution >= 4 is 22.8 Å². The maximum Gasteiger partial charge on any atom is 0.261 e. The highest BCUT2D eigenvalue weighted by Crippen LogP contribution is 2.04. The minimum absolute atomic E-state index is 0.113. The Kier molecular flexibility index (Phi) is 4.65. The number of aromatic nitrogens is 2. The van der Waals surface area contributed by atoms with E-state index in [9.17, 15) is 19.5 Å². The Morgan fingerprint density at radius 2 is 2.05 bits per heavy atom. The SMILES string of the molecule is O=C([O-])CCCNC(=O)Cn1cnc2ccccc2c1=O. The number of carbonyl (C=O) groups excluding carboxylic acids is 2. The number of nitrogens with one attached hydrogen (secondary N) is 1. The maximum absolute atomic E-state index is 12.1. The van der Waals surface area contributed by atoms with Crippen molar-refractivity contribution in [2.45, 2.75) is 19.4 Å². The van der Waals surface area contributed by atoms with Crippen LogP contribution in [0.25, 0.3) is 10.9 Å². The lowest BCUT2D eigenvalue weighted by molar-refractivity contribution is -0.305. The number of para-hydroxylation sites is 1. The van der Waals surface area contributed by atoms with E-state index in [1.807, 2.05) is 0 Å². The molecule has 1 amide bonds. The van der Waals surface area contributed by atoms with Gasteiger partial charge in [0.2, 0.25) is 5.91 Å². The molecule has 0 fully saturated rings. The summed E-state index contributed by atoms with van der Waals surface area (Å²) in [6, 6.07) is 6.89. The first kappa shape index (κ1) is 14.7. The molecule has 21 heavy (non-hydrogen) atoms. The van der Waals surface area contributed by atoms with Gasteiger partial charge in [0.05, 0.1) is 17.2 Å². The molecule has 110 valence electrons. The molecular formula is C14H14N3O4-. The van der Waals surface area contributed by atoms with Crippen LogP contribution in [0.15, 0.2) is 35.4 Å². The predicted molar refractivity (Wildman–Crippen MR) is 73.3 cm³/mol. The third-order valence-electron chi connectivity index (χ3n) is 2.93. The predicted octanol–water partition coefficient (Wildman–Crippen LogP) is -0.957. The normalized spacial score (nSPS) is 10.5. The standard InChI is InChI=1S/C14H15N3O4/c18-12(15-7-3-6-13(19)20)8-17-9-16-11-5-2-1-4-10(11)14(17)21/h1-2,4-5,9H,3,6-8H2,(H,15,18)(H,19,20)/p-1. The van der Waals surface area contributed by atoms with Crippen molar-refractivity contribution < 1.29 is 14.7 Å². The molecule has 1 aromatic carbocycles. The molecule has 0 radical (unpaired) electrons. The van der Waals surface area contributed by atoms with Crippen molar-refractivity contribution in [3.63, 3.8) is 0 Å². The summed E-state index contributed by atoms with van der Waals surface area (Å²) < 4.78 is 1.22. The zero-order valence-corrected chi connectivity index (χ0v) is 11.2. The highest BCUT2D eigenvalue weighted by molar-refractivity contribution is 5.78. The van der Waals surface area contributed by atoms with Crippen molar-refractivity contribution in [1.82, 2.24) is 14.9 Å². The Bertz CT molecular complexity index is 723. The van der Waals surface area contributed by atoms with E-state index in [4.69, 9.17) is 0 Å². The first-order valence-corrected chi connectivity index (χ1v) is 6.48. The number of hydrogen-bond donors (Lipinski definition) is 1. The number of fused-ring (bicyclic) bond motifs is 1. The molecule has 0 bridgehead atoms. The van der Waals surface area contributed by atoms with Gasteiger partial charge < -0.3 is 15.2 Å². The Morgan fingerprint density at radius 3 is 2.81 bits per heavy atom. The summed E-state index contributed by atoms with van der Waals surface area (Å²) >= 11 is 0. The largest absolute Gasteiger partial charge is 0.550 e. The molecule has 0 unspecified atom stereocenters. The molecule has 0 saturated carbocycles. The quantitative estimate of drug-likeness (QED) is 0.690. The Hall–Kier alpha value is -2.70. The van der Waals surface area contributed by atoms with Gasteiger partial charge in [0.1, 0.15) is 6.54 Å². The van der Waals surface area contributed by atoms with Gasteiger partial charge in [-0.3, -0.25) is 14.2 Å². The Morgan fingerprint density at radius 1 is 1.29 bits per heavy atom. The first-order valence-electron chi connectivity index (χ1n) is 6.48. The van der Waals surface area contributed by atoms with Gasteiger partial charge in [-0.25, -0.2) is 4.98 Å². The van der Waals surface area contributed by atoms with Crippen LogP contribution in [0.2, 0.25) is 0 Å².